The number of nitrogens with zero attached hydrogens (tertiary/aromatic N) is 2. The number of nitrogens with one attached hydrogen (secondary N) is 3. The van der Waals surface area contributed by atoms with E-state index in [1.165, 1.54) is 86.9 Å². The molecule has 0 atom stereocenters. The lowest BCUT2D eigenvalue weighted by Crippen LogP contribution is -2.46. The van der Waals surface area contributed by atoms with E-state index in [1.54, 1.807) is 55.3 Å². The van der Waals surface area contributed by atoms with E-state index in [0.717, 1.165) is 47.3 Å². The highest BCUT2D eigenvalue weighted by molar-refractivity contribution is 7.22. The monoisotopic (exact) mass is 864 g/mol. The van der Waals surface area contributed by atoms with Crippen LogP contribution in [0.1, 0.15) is 96.3 Å². The first-order valence-corrected chi connectivity index (χ1v) is 29.3. The van der Waals surface area contributed by atoms with Gasteiger partial charge < -0.3 is 26.1 Å². The number of fused-ring (bicyclic) bond motifs is 2. The minimum Gasteiger partial charge on any atom is -0.477 e. The average molecular weight is 865 g/mol. The number of H-pyrrole nitrogens is 2. The fraction of sp³-hybridized carbons (Fsp3) is 0.478. The van der Waals surface area contributed by atoms with Crippen LogP contribution in [0.4, 0.5) is 0 Å². The van der Waals surface area contributed by atoms with E-state index < -0.39 is 22.1 Å². The molecule has 0 bridgehead atoms. The maximum absolute atomic E-state index is 13.0. The number of benzene rings is 2. The van der Waals surface area contributed by atoms with Gasteiger partial charge in [0.15, 0.2) is 0 Å². The summed E-state index contributed by atoms with van der Waals surface area (Å²) < 4.78 is 2.00. The zero-order valence-corrected chi connectivity index (χ0v) is 38.3. The number of carboxylic acids is 1. The molecule has 4 saturated heterocycles. The van der Waals surface area contributed by atoms with Crippen LogP contribution in [0.3, 0.4) is 0 Å². The highest BCUT2D eigenvalue weighted by atomic mass is 32.1. The molecular weight excluding hydrogens is 805 g/mol. The Kier molecular flexibility index (Phi) is 13.0. The van der Waals surface area contributed by atoms with Gasteiger partial charge in [0.2, 0.25) is 0 Å². The fourth-order valence-corrected chi connectivity index (χ4v) is 23.3. The van der Waals surface area contributed by atoms with E-state index in [1.807, 2.05) is 55.5 Å². The number of amides is 1. The molecule has 2 spiro atoms. The van der Waals surface area contributed by atoms with Gasteiger partial charge in [-0.15, -0.1) is 22.7 Å². The van der Waals surface area contributed by atoms with Crippen LogP contribution in [-0.4, -0.2) is 65.2 Å². The van der Waals surface area contributed by atoms with Crippen LogP contribution in [0.5, 0.6) is 0 Å². The third-order valence-electron chi connectivity index (χ3n) is 14.0. The van der Waals surface area contributed by atoms with Crippen LogP contribution in [0, 0.1) is 13.8 Å². The lowest BCUT2D eigenvalue weighted by atomic mass is 10.1. The summed E-state index contributed by atoms with van der Waals surface area (Å²) in [5.41, 5.74) is 12.3. The maximum Gasteiger partial charge on any atom is 0.352 e. The third-order valence-corrected chi connectivity index (χ3v) is 27.5. The number of rotatable bonds is 5. The second kappa shape index (κ2) is 18.4. The quantitative estimate of drug-likeness (QED) is 0.109. The molecular formula is C46H60N6O3S2Si2. The number of aromatic carboxylic acids is 1. The summed E-state index contributed by atoms with van der Waals surface area (Å²) in [5.74, 6) is -0.904. The van der Waals surface area contributed by atoms with Crippen molar-refractivity contribution in [1.29, 1.82) is 0 Å². The minimum atomic E-state index is -0.974. The molecule has 0 unspecified atom stereocenters. The number of aryl methyl sites for hydroxylation is 2. The molecule has 13 heteroatoms. The SMILES string of the molecule is Cc1c(C(=O)NC2CC[Si]3(CCCCC3)CC2)[nH]c2nc(-c3ccccc3)sc12.Cc1c(C(=O)O)[nH]c2nc(-c3ccccc3)sc12.NC1CC[Si]2(CCCCC2)CC1. The Morgan fingerprint density at radius 1 is 0.644 bits per heavy atom. The van der Waals surface area contributed by atoms with Gasteiger partial charge in [-0.05, 0) is 45.1 Å². The van der Waals surface area contributed by atoms with Crippen molar-refractivity contribution in [2.75, 3.05) is 0 Å². The van der Waals surface area contributed by atoms with Crippen LogP contribution in [-0.2, 0) is 0 Å². The molecule has 0 aliphatic carbocycles. The van der Waals surface area contributed by atoms with E-state index in [0.29, 0.717) is 23.4 Å². The minimum absolute atomic E-state index is 0.0419. The predicted octanol–water partition coefficient (Wildman–Crippen LogP) is 12.2. The van der Waals surface area contributed by atoms with Gasteiger partial charge in [0.05, 0.1) is 25.5 Å². The van der Waals surface area contributed by atoms with E-state index in [-0.39, 0.29) is 11.6 Å². The second-order valence-corrected chi connectivity index (χ2v) is 29.9. The number of thiazole rings is 2. The number of hydrogen-bond acceptors (Lipinski definition) is 7. The normalized spacial score (nSPS) is 20.2. The Labute approximate surface area is 358 Å². The third kappa shape index (κ3) is 9.54. The Bertz CT molecular complexity index is 2340. The van der Waals surface area contributed by atoms with Crippen LogP contribution in [0.25, 0.3) is 41.8 Å². The number of nitrogens with two attached hydrogens (primary N) is 1. The van der Waals surface area contributed by atoms with Crippen molar-refractivity contribution in [1.82, 2.24) is 25.3 Å². The van der Waals surface area contributed by atoms with Crippen LogP contribution in [0.2, 0.25) is 48.4 Å². The van der Waals surface area contributed by atoms with Gasteiger partial charge in [0, 0.05) is 28.8 Å². The second-order valence-electron chi connectivity index (χ2n) is 17.9. The smallest absolute Gasteiger partial charge is 0.352 e. The molecule has 0 radical (unpaired) electrons. The van der Waals surface area contributed by atoms with Crippen molar-refractivity contribution < 1.29 is 14.7 Å². The highest BCUT2D eigenvalue weighted by Crippen LogP contribution is 2.42. The van der Waals surface area contributed by atoms with E-state index in [4.69, 9.17) is 15.8 Å². The molecule has 4 aliphatic rings. The summed E-state index contributed by atoms with van der Waals surface area (Å²) in [5, 5.41) is 14.2. The Morgan fingerprint density at radius 3 is 1.51 bits per heavy atom. The molecule has 6 aromatic rings. The zero-order valence-electron chi connectivity index (χ0n) is 34.7. The lowest BCUT2D eigenvalue weighted by Gasteiger charge is -2.41. The zero-order chi connectivity index (χ0) is 41.0. The highest BCUT2D eigenvalue weighted by Gasteiger charge is 2.39. The fourth-order valence-electron chi connectivity index (χ4n) is 10.3. The van der Waals surface area contributed by atoms with E-state index in [9.17, 15) is 9.59 Å². The standard InChI is InChI=1S/C23H29N3OSSi.C13H10N2O2S.C10H21NSi/c1-16-19(25-21-20(16)28-23(26-21)17-8-4-2-5-9-17)22(27)24-18-10-14-29(15-11-18)12-6-3-7-13-29;1-7-9(13(16)17)14-11-10(7)18-12(15-11)8-5-3-2-4-6-8;11-10-4-8-12(9-5-10)6-2-1-3-7-12/h2,4-5,8-9,18,25H,3,6-7,10-15H2,1H3,(H,24,27);2-6,14H,1H3,(H,16,17);10H,1-9,11H2. The first-order chi connectivity index (χ1) is 28.6. The van der Waals surface area contributed by atoms with Gasteiger partial charge in [-0.2, -0.15) is 0 Å². The molecule has 9 nitrogen and oxygen atoms in total. The molecule has 6 N–H and O–H groups in total. The number of carbonyl (C=O) groups is 2. The van der Waals surface area contributed by atoms with E-state index >= 15 is 0 Å². The Morgan fingerprint density at radius 2 is 1.07 bits per heavy atom. The van der Waals surface area contributed by atoms with Crippen molar-refractivity contribution in [2.24, 2.45) is 5.73 Å². The van der Waals surface area contributed by atoms with Crippen molar-refractivity contribution in [3.63, 3.8) is 0 Å². The number of carbonyl (C=O) groups excluding carboxylic acids is 1. The molecule has 312 valence electrons. The molecule has 4 aliphatic heterocycles. The molecule has 1 amide bonds. The van der Waals surface area contributed by atoms with Gasteiger partial charge in [-0.25, -0.2) is 14.8 Å². The van der Waals surface area contributed by atoms with Gasteiger partial charge >= 0.3 is 5.97 Å². The summed E-state index contributed by atoms with van der Waals surface area (Å²) >= 11 is 3.17. The van der Waals surface area contributed by atoms with Gasteiger partial charge in [0.1, 0.15) is 32.7 Å². The van der Waals surface area contributed by atoms with Crippen molar-refractivity contribution in [2.45, 2.75) is 138 Å². The molecule has 2 aromatic carbocycles. The Balaban J connectivity index is 0.000000137. The summed E-state index contributed by atoms with van der Waals surface area (Å²) in [6, 6.07) is 33.3. The first-order valence-electron chi connectivity index (χ1n) is 22.0. The van der Waals surface area contributed by atoms with Crippen molar-refractivity contribution >= 4 is 71.4 Å². The van der Waals surface area contributed by atoms with Crippen LogP contribution in [0.15, 0.2) is 60.7 Å². The van der Waals surface area contributed by atoms with Gasteiger partial charge in [-0.1, -0.05) is 148 Å². The number of aromatic amines is 2. The summed E-state index contributed by atoms with van der Waals surface area (Å²) in [4.78, 5) is 39.3. The van der Waals surface area contributed by atoms with Crippen LogP contribution >= 0.6 is 22.7 Å². The first kappa shape index (κ1) is 41.8. The predicted molar refractivity (Wildman–Crippen MR) is 251 cm³/mol. The Hall–Kier alpha value is -3.89. The molecule has 4 aromatic heterocycles. The lowest BCUT2D eigenvalue weighted by molar-refractivity contribution is 0.0690. The molecule has 0 saturated carbocycles. The number of hydrogen-bond donors (Lipinski definition) is 5. The largest absolute Gasteiger partial charge is 0.477 e. The molecule has 59 heavy (non-hydrogen) atoms. The molecule has 10 rings (SSSR count). The number of aromatic nitrogens is 4. The van der Waals surface area contributed by atoms with Crippen molar-refractivity contribution in [3.8, 4) is 21.1 Å². The van der Waals surface area contributed by atoms with E-state index in [2.05, 4.69) is 32.4 Å². The summed E-state index contributed by atoms with van der Waals surface area (Å²) in [6.45, 7) is 3.83. The maximum atomic E-state index is 13.0. The van der Waals surface area contributed by atoms with Gasteiger partial charge in [-0.3, -0.25) is 4.79 Å². The molecule has 4 fully saturated rings. The van der Waals surface area contributed by atoms with Gasteiger partial charge in [0.25, 0.3) is 5.91 Å². The molecule has 8 heterocycles. The average Bonchev–Trinajstić information content (AvgIpc) is 4.04. The summed E-state index contributed by atoms with van der Waals surface area (Å²) in [7, 11) is -1.67. The number of carboxylic acid groups (broad SMARTS) is 1. The van der Waals surface area contributed by atoms with Crippen LogP contribution < -0.4 is 11.1 Å². The van der Waals surface area contributed by atoms with Crippen molar-refractivity contribution in [3.05, 3.63) is 83.2 Å². The summed E-state index contributed by atoms with van der Waals surface area (Å²) in [6.07, 6.45) is 14.0. The topological polar surface area (TPSA) is 150 Å².